The molecule has 1 unspecified atom stereocenters. The Morgan fingerprint density at radius 1 is 1.69 bits per heavy atom. The van der Waals surface area contributed by atoms with Crippen LogP contribution in [-0.2, 0) is 0 Å². The van der Waals surface area contributed by atoms with Gasteiger partial charge in [0.15, 0.2) is 5.78 Å². The monoisotopic (exact) mass is 254 g/mol. The quantitative estimate of drug-likeness (QED) is 0.839. The summed E-state index contributed by atoms with van der Waals surface area (Å²) in [6.45, 7) is -11.2. The molecule has 1 aromatic rings. The molecule has 88 valence electrons. The zero-order valence-corrected chi connectivity index (χ0v) is 8.99. The zero-order chi connectivity index (χ0) is 25.1. The van der Waals surface area contributed by atoms with Gasteiger partial charge in [0.1, 0.15) is 1.41 Å². The molecule has 0 saturated carbocycles. The van der Waals surface area contributed by atoms with Gasteiger partial charge in [-0.1, -0.05) is 23.7 Å². The molecule has 0 fully saturated rings. The summed E-state index contributed by atoms with van der Waals surface area (Å²) in [6.07, 6.45) is 0. The third-order valence-corrected chi connectivity index (χ3v) is 1.67. The second-order valence-electron chi connectivity index (χ2n) is 2.93. The summed E-state index contributed by atoms with van der Waals surface area (Å²) >= 11 is 5.72. The van der Waals surface area contributed by atoms with Gasteiger partial charge in [0.2, 0.25) is 0 Å². The van der Waals surface area contributed by atoms with Crippen LogP contribution in [0.5, 0.6) is 0 Å². The maximum Gasteiger partial charge on any atom is 0.179 e. The second kappa shape index (κ2) is 4.98. The third-order valence-electron chi connectivity index (χ3n) is 1.49. The molecular formula is C13H18ClNO. The molecule has 0 aromatic heterocycles. The minimum Gasteiger partial charge on any atom is -0.303 e. The molecule has 0 aliphatic carbocycles. The predicted molar refractivity (Wildman–Crippen MR) is 68.1 cm³/mol. The van der Waals surface area contributed by atoms with E-state index in [9.17, 15) is 4.79 Å². The Hall–Kier alpha value is -0.860. The third kappa shape index (κ3) is 3.95. The molecular weight excluding hydrogens is 222 g/mol. The van der Waals surface area contributed by atoms with Crippen molar-refractivity contribution < 1.29 is 25.4 Å². The summed E-state index contributed by atoms with van der Waals surface area (Å²) in [7, 11) is 0. The molecule has 0 saturated heterocycles. The van der Waals surface area contributed by atoms with Crippen molar-refractivity contribution in [2.24, 2.45) is 0 Å². The number of Topliss-reactive ketones (excluding diaryl/α,β-unsaturated/α-hetero) is 1. The average molecular weight is 255 g/mol. The van der Waals surface area contributed by atoms with Crippen LogP contribution in [0.2, 0.25) is 6.43 Å². The van der Waals surface area contributed by atoms with Gasteiger partial charge >= 0.3 is 0 Å². The van der Waals surface area contributed by atoms with Gasteiger partial charge in [0.25, 0.3) is 0 Å². The normalized spacial score (nSPS) is 31.8. The SMILES string of the molecule is [2H]c1c([2H])c(Cl)c([2H])c(C(=O)C([2H])(C)N([2H])C(C([2H])([2H])[2H])(C([2H])([2H])[2H])C([2H])([2H])[2H])c1[2H]. The van der Waals surface area contributed by atoms with Crippen molar-refractivity contribution in [3.05, 3.63) is 34.8 Å². The number of hydrogen-bond donors (Lipinski definition) is 1. The van der Waals surface area contributed by atoms with Crippen LogP contribution >= 0.6 is 11.6 Å². The van der Waals surface area contributed by atoms with Crippen molar-refractivity contribution in [2.75, 3.05) is 0 Å². The molecule has 1 N–H and O–H groups in total. The number of carbonyl (C=O) groups is 1. The highest BCUT2D eigenvalue weighted by molar-refractivity contribution is 6.31. The number of rotatable bonds is 3. The van der Waals surface area contributed by atoms with Crippen LogP contribution in [0.1, 0.15) is 57.0 Å². The first-order valence-electron chi connectivity index (χ1n) is 11.5. The van der Waals surface area contributed by atoms with Gasteiger partial charge in [-0.3, -0.25) is 4.79 Å². The van der Waals surface area contributed by atoms with E-state index in [-0.39, 0.29) is 0 Å². The van der Waals surface area contributed by atoms with Crippen LogP contribution in [0.25, 0.3) is 0 Å². The second-order valence-corrected chi connectivity index (χ2v) is 3.30. The lowest BCUT2D eigenvalue weighted by Gasteiger charge is -2.25. The lowest BCUT2D eigenvalue weighted by Crippen LogP contribution is -2.46. The van der Waals surface area contributed by atoms with Gasteiger partial charge in [0, 0.05) is 28.5 Å². The van der Waals surface area contributed by atoms with E-state index < -0.39 is 78.0 Å². The molecule has 0 amide bonds. The maximum atomic E-state index is 13.0. The minimum atomic E-state index is -4.01. The lowest BCUT2D eigenvalue weighted by atomic mass is 10.0. The predicted octanol–water partition coefficient (Wildman–Crippen LogP) is 3.30. The van der Waals surface area contributed by atoms with Crippen LogP contribution in [0.3, 0.4) is 0 Å². The molecule has 2 nitrogen and oxygen atoms in total. The molecule has 16 heavy (non-hydrogen) atoms. The topological polar surface area (TPSA) is 29.1 Å². The largest absolute Gasteiger partial charge is 0.303 e. The molecule has 0 spiro atoms. The van der Waals surface area contributed by atoms with Gasteiger partial charge in [-0.2, -0.15) is 0 Å². The van der Waals surface area contributed by atoms with Gasteiger partial charge in [-0.05, 0) is 39.6 Å². The lowest BCUT2D eigenvalue weighted by molar-refractivity contribution is 0.0936. The maximum absolute atomic E-state index is 13.0. The van der Waals surface area contributed by atoms with E-state index >= 15 is 0 Å². The highest BCUT2D eigenvalue weighted by Crippen LogP contribution is 2.13. The number of halogens is 1. The smallest absolute Gasteiger partial charge is 0.179 e. The van der Waals surface area contributed by atoms with E-state index in [4.69, 9.17) is 32.2 Å². The van der Waals surface area contributed by atoms with E-state index in [0.717, 1.165) is 0 Å². The van der Waals surface area contributed by atoms with Gasteiger partial charge in [0.05, 0.1) is 12.9 Å². The standard InChI is InChI=1S/C13H18ClNO/c1-9(15-13(2,3)4)12(16)10-6-5-7-11(14)8-10/h5-9,15H,1-4H3/i2D3,3D3,4D3,5D,6D,7D,8D,9D/hD. The van der Waals surface area contributed by atoms with Crippen LogP contribution < -0.4 is 5.31 Å². The fourth-order valence-electron chi connectivity index (χ4n) is 0.918. The van der Waals surface area contributed by atoms with E-state index in [1.807, 2.05) is 0 Å². The Balaban J connectivity index is 3.94. The van der Waals surface area contributed by atoms with Crippen molar-refractivity contribution in [2.45, 2.75) is 39.0 Å². The van der Waals surface area contributed by atoms with Crippen LogP contribution in [0.15, 0.2) is 24.2 Å². The number of hydrogen-bond acceptors (Lipinski definition) is 2. The molecule has 3 heteroatoms. The van der Waals surface area contributed by atoms with Crippen LogP contribution in [0, 0.1) is 0 Å². The van der Waals surface area contributed by atoms with E-state index in [1.165, 1.54) is 0 Å². The van der Waals surface area contributed by atoms with Crippen LogP contribution in [-0.4, -0.2) is 17.3 Å². The minimum absolute atomic E-state index is 0.533. The van der Waals surface area contributed by atoms with E-state index in [1.54, 1.807) is 0 Å². The Kier molecular flexibility index (Phi) is 1.04. The van der Waals surface area contributed by atoms with Gasteiger partial charge < -0.3 is 5.31 Å². The summed E-state index contributed by atoms with van der Waals surface area (Å²) in [5, 5.41) is -1.41. The van der Waals surface area contributed by atoms with Crippen molar-refractivity contribution in [1.82, 2.24) is 5.31 Å². The highest BCUT2D eigenvalue weighted by Gasteiger charge is 2.20. The van der Waals surface area contributed by atoms with Crippen molar-refractivity contribution in [3.8, 4) is 0 Å². The Morgan fingerprint density at radius 2 is 2.38 bits per heavy atom. The average Bonchev–Trinajstić information content (AvgIpc) is 2.54. The first-order valence-corrected chi connectivity index (χ1v) is 4.47. The molecule has 1 atom stereocenters. The molecule has 0 radical (unpaired) electrons. The van der Waals surface area contributed by atoms with Crippen molar-refractivity contribution in [3.63, 3.8) is 0 Å². The van der Waals surface area contributed by atoms with Crippen LogP contribution in [0.4, 0.5) is 0 Å². The molecule has 0 bridgehead atoms. The summed E-state index contributed by atoms with van der Waals surface area (Å²) < 4.78 is 116. The number of nitrogens with one attached hydrogen (secondary N) is 1. The van der Waals surface area contributed by atoms with Gasteiger partial charge in [-0.25, -0.2) is 0 Å². The fourth-order valence-corrected chi connectivity index (χ4v) is 1.06. The molecule has 0 aliphatic heterocycles. The summed E-state index contributed by atoms with van der Waals surface area (Å²) in [4.78, 5) is 13.0. The van der Waals surface area contributed by atoms with Gasteiger partial charge in [-0.15, -0.1) is 0 Å². The summed E-state index contributed by atoms with van der Waals surface area (Å²) in [6, 6.07) is -6.98. The molecule has 0 aliphatic rings. The first-order chi connectivity index (χ1) is 13.5. The summed E-state index contributed by atoms with van der Waals surface area (Å²) in [5.41, 5.74) is -5.07. The Morgan fingerprint density at radius 3 is 3.00 bits per heavy atom. The molecule has 0 heterocycles. The summed E-state index contributed by atoms with van der Waals surface area (Å²) in [5.74, 6) is -1.71. The fraction of sp³-hybridized carbons (Fsp3) is 0.462. The molecule has 1 rings (SSSR count). The van der Waals surface area contributed by atoms with E-state index in [2.05, 4.69) is 0 Å². The number of ketones is 1. The molecule has 1 aromatic carbocycles. The zero-order valence-electron chi connectivity index (χ0n) is 23.2. The number of benzene rings is 1. The Labute approximate surface area is 123 Å². The van der Waals surface area contributed by atoms with Crippen molar-refractivity contribution in [1.29, 1.82) is 0 Å². The Bertz CT molecular complexity index is 820. The number of carbonyl (C=O) groups excluding carboxylic acids is 1. The van der Waals surface area contributed by atoms with Crippen molar-refractivity contribution >= 4 is 17.4 Å². The van der Waals surface area contributed by atoms with E-state index in [0.29, 0.717) is 6.92 Å². The highest BCUT2D eigenvalue weighted by atomic mass is 35.5. The first kappa shape index (κ1) is 3.33.